The third-order valence-corrected chi connectivity index (χ3v) is 4.10. The molecule has 25 heavy (non-hydrogen) atoms. The fourth-order valence-electron chi connectivity index (χ4n) is 1.88. The van der Waals surface area contributed by atoms with Crippen molar-refractivity contribution in [3.05, 3.63) is 51.5 Å². The van der Waals surface area contributed by atoms with Gasteiger partial charge in [0.1, 0.15) is 5.75 Å². The molecule has 2 N–H and O–H groups in total. The van der Waals surface area contributed by atoms with E-state index in [-0.39, 0.29) is 34.2 Å². The van der Waals surface area contributed by atoms with Gasteiger partial charge in [-0.1, -0.05) is 47.8 Å². The Bertz CT molecular complexity index is 797. The monoisotopic (exact) mass is 400 g/mol. The van der Waals surface area contributed by atoms with Gasteiger partial charge < -0.3 is 15.4 Å². The van der Waals surface area contributed by atoms with Crippen LogP contribution in [0.2, 0.25) is 15.1 Å². The summed E-state index contributed by atoms with van der Waals surface area (Å²) in [6, 6.07) is 9.69. The average Bonchev–Trinajstić information content (AvgIpc) is 2.57. The van der Waals surface area contributed by atoms with Gasteiger partial charge in [-0.15, -0.1) is 0 Å². The fraction of sp³-hybridized carbons (Fsp3) is 0.176. The summed E-state index contributed by atoms with van der Waals surface area (Å²) >= 11 is 17.7. The van der Waals surface area contributed by atoms with Crippen LogP contribution in [-0.2, 0) is 9.59 Å². The number of ether oxygens (including phenoxy) is 1. The average molecular weight is 402 g/mol. The molecule has 0 radical (unpaired) electrons. The molecule has 0 atom stereocenters. The molecule has 8 heteroatoms. The molecule has 0 spiro atoms. The van der Waals surface area contributed by atoms with E-state index in [1.54, 1.807) is 31.2 Å². The molecular formula is C17H15Cl3N2O3. The molecule has 5 nitrogen and oxygen atoms in total. The molecule has 0 aromatic heterocycles. The molecule has 2 aromatic rings. The summed E-state index contributed by atoms with van der Waals surface area (Å²) in [5, 5.41) is 6.22. The molecule has 2 rings (SSSR count). The third-order valence-electron chi connectivity index (χ3n) is 3.08. The van der Waals surface area contributed by atoms with Crippen LogP contribution in [0.3, 0.4) is 0 Å². The van der Waals surface area contributed by atoms with Crippen molar-refractivity contribution in [3.8, 4) is 5.75 Å². The lowest BCUT2D eigenvalue weighted by Crippen LogP contribution is -2.20. The molecule has 2 aromatic carbocycles. The Balaban J connectivity index is 1.95. The lowest BCUT2D eigenvalue weighted by Gasteiger charge is -2.11. The van der Waals surface area contributed by atoms with E-state index >= 15 is 0 Å². The van der Waals surface area contributed by atoms with E-state index in [2.05, 4.69) is 10.6 Å². The van der Waals surface area contributed by atoms with Crippen molar-refractivity contribution in [3.63, 3.8) is 0 Å². The Morgan fingerprint density at radius 1 is 0.920 bits per heavy atom. The van der Waals surface area contributed by atoms with Crippen molar-refractivity contribution in [1.29, 1.82) is 0 Å². The second-order valence-electron chi connectivity index (χ2n) is 5.02. The number of benzene rings is 2. The van der Waals surface area contributed by atoms with Gasteiger partial charge in [-0.25, -0.2) is 0 Å². The summed E-state index contributed by atoms with van der Waals surface area (Å²) in [6.45, 7) is 1.50. The molecule has 132 valence electrons. The lowest BCUT2D eigenvalue weighted by molar-refractivity contribution is -0.118. The Labute approximate surface area is 160 Å². The maximum absolute atomic E-state index is 12.0. The Kier molecular flexibility index (Phi) is 6.93. The first-order chi connectivity index (χ1) is 11.9. The number of carbonyl (C=O) groups is 2. The van der Waals surface area contributed by atoms with Gasteiger partial charge >= 0.3 is 0 Å². The van der Waals surface area contributed by atoms with Crippen LogP contribution in [0.15, 0.2) is 36.4 Å². The van der Waals surface area contributed by atoms with E-state index in [1.807, 2.05) is 0 Å². The summed E-state index contributed by atoms with van der Waals surface area (Å²) in [6.07, 6.45) is 0.370. The fourth-order valence-corrected chi connectivity index (χ4v) is 2.47. The predicted octanol–water partition coefficient (Wildman–Crippen LogP) is 5.01. The second-order valence-corrected chi connectivity index (χ2v) is 6.24. The van der Waals surface area contributed by atoms with Crippen LogP contribution in [0.4, 0.5) is 11.4 Å². The number of anilines is 2. The van der Waals surface area contributed by atoms with Gasteiger partial charge in [0, 0.05) is 23.9 Å². The Hall–Kier alpha value is -1.95. The largest absolute Gasteiger partial charge is 0.482 e. The summed E-state index contributed by atoms with van der Waals surface area (Å²) in [4.78, 5) is 23.4. The van der Waals surface area contributed by atoms with Crippen LogP contribution in [0.5, 0.6) is 5.75 Å². The molecule has 0 unspecified atom stereocenters. The quantitative estimate of drug-likeness (QED) is 0.668. The van der Waals surface area contributed by atoms with E-state index in [0.717, 1.165) is 0 Å². The first-order valence-corrected chi connectivity index (χ1v) is 8.49. The van der Waals surface area contributed by atoms with Crippen LogP contribution < -0.4 is 15.4 Å². The van der Waals surface area contributed by atoms with Gasteiger partial charge in [-0.05, 0) is 24.3 Å². The summed E-state index contributed by atoms with van der Waals surface area (Å²) in [5.41, 5.74) is 1.13. The molecule has 0 aliphatic carbocycles. The zero-order valence-corrected chi connectivity index (χ0v) is 15.5. The van der Waals surface area contributed by atoms with Crippen LogP contribution in [-0.4, -0.2) is 18.4 Å². The predicted molar refractivity (Wildman–Crippen MR) is 101 cm³/mol. The van der Waals surface area contributed by atoms with E-state index in [0.29, 0.717) is 22.8 Å². The molecular weight excluding hydrogens is 387 g/mol. The number of nitrogens with one attached hydrogen (secondary N) is 2. The molecule has 0 saturated heterocycles. The van der Waals surface area contributed by atoms with Gasteiger partial charge in [0.25, 0.3) is 5.91 Å². The molecule has 0 saturated carbocycles. The standard InChI is InChI=1S/C17H15Cl3N2O3/c1-2-16(23)21-10-4-3-5-11(6-10)22-17(24)9-25-15-8-13(19)12(18)7-14(15)20/h3-8H,2,9H2,1H3,(H,21,23)(H,22,24). The van der Waals surface area contributed by atoms with E-state index < -0.39 is 0 Å². The zero-order valence-electron chi connectivity index (χ0n) is 13.2. The number of carbonyl (C=O) groups excluding carboxylic acids is 2. The second kappa shape index (κ2) is 8.94. The summed E-state index contributed by atoms with van der Waals surface area (Å²) in [5.74, 6) is -0.239. The van der Waals surface area contributed by atoms with Crippen LogP contribution >= 0.6 is 34.8 Å². The molecule has 0 bridgehead atoms. The van der Waals surface area contributed by atoms with E-state index in [4.69, 9.17) is 39.5 Å². The van der Waals surface area contributed by atoms with Crippen molar-refractivity contribution >= 4 is 58.0 Å². The lowest BCUT2D eigenvalue weighted by atomic mass is 10.2. The first-order valence-electron chi connectivity index (χ1n) is 7.36. The van der Waals surface area contributed by atoms with Gasteiger partial charge in [-0.2, -0.15) is 0 Å². The minimum atomic E-state index is -0.388. The van der Waals surface area contributed by atoms with Crippen LogP contribution in [0, 0.1) is 0 Å². The topological polar surface area (TPSA) is 67.4 Å². The SMILES string of the molecule is CCC(=O)Nc1cccc(NC(=O)COc2cc(Cl)c(Cl)cc2Cl)c1. The number of amides is 2. The van der Waals surface area contributed by atoms with Crippen molar-refractivity contribution in [2.75, 3.05) is 17.2 Å². The normalized spacial score (nSPS) is 10.2. The van der Waals surface area contributed by atoms with Gasteiger partial charge in [0.2, 0.25) is 5.91 Å². The van der Waals surface area contributed by atoms with Crippen molar-refractivity contribution in [2.24, 2.45) is 0 Å². The smallest absolute Gasteiger partial charge is 0.262 e. The summed E-state index contributed by atoms with van der Waals surface area (Å²) in [7, 11) is 0. The van der Waals surface area contributed by atoms with Crippen LogP contribution in [0.25, 0.3) is 0 Å². The minimum Gasteiger partial charge on any atom is -0.482 e. The molecule has 0 aliphatic heterocycles. The highest BCUT2D eigenvalue weighted by molar-refractivity contribution is 6.43. The molecule has 0 fully saturated rings. The molecule has 2 amide bonds. The van der Waals surface area contributed by atoms with Crippen molar-refractivity contribution in [1.82, 2.24) is 0 Å². The van der Waals surface area contributed by atoms with E-state index in [9.17, 15) is 9.59 Å². The molecule has 0 aliphatic rings. The van der Waals surface area contributed by atoms with Crippen LogP contribution in [0.1, 0.15) is 13.3 Å². The number of rotatable bonds is 6. The van der Waals surface area contributed by atoms with E-state index in [1.165, 1.54) is 12.1 Å². The first kappa shape index (κ1) is 19.4. The van der Waals surface area contributed by atoms with Gasteiger partial charge in [-0.3, -0.25) is 9.59 Å². The highest BCUT2D eigenvalue weighted by atomic mass is 35.5. The Morgan fingerprint density at radius 2 is 1.52 bits per heavy atom. The minimum absolute atomic E-state index is 0.110. The highest BCUT2D eigenvalue weighted by Gasteiger charge is 2.10. The molecule has 0 heterocycles. The summed E-state index contributed by atoms with van der Waals surface area (Å²) < 4.78 is 5.36. The highest BCUT2D eigenvalue weighted by Crippen LogP contribution is 2.33. The zero-order chi connectivity index (χ0) is 18.4. The van der Waals surface area contributed by atoms with Crippen molar-refractivity contribution in [2.45, 2.75) is 13.3 Å². The number of hydrogen-bond donors (Lipinski definition) is 2. The van der Waals surface area contributed by atoms with Gasteiger partial charge in [0.05, 0.1) is 15.1 Å². The maximum Gasteiger partial charge on any atom is 0.262 e. The maximum atomic E-state index is 12.0. The third kappa shape index (κ3) is 5.81. The number of halogens is 3. The van der Waals surface area contributed by atoms with Crippen molar-refractivity contribution < 1.29 is 14.3 Å². The Morgan fingerprint density at radius 3 is 2.16 bits per heavy atom. The van der Waals surface area contributed by atoms with Gasteiger partial charge in [0.15, 0.2) is 6.61 Å². The number of hydrogen-bond acceptors (Lipinski definition) is 3.